The van der Waals surface area contributed by atoms with Crippen LogP contribution < -0.4 is 10.5 Å². The Kier molecular flexibility index (Phi) is 4.40. The third-order valence-corrected chi connectivity index (χ3v) is 4.93. The molecule has 3 N–H and O–H groups in total. The zero-order chi connectivity index (χ0) is 15.8. The molecule has 0 amide bonds. The molecule has 112 valence electrons. The Morgan fingerprint density at radius 1 is 1.38 bits per heavy atom. The Labute approximate surface area is 134 Å². The number of sulfonamides is 1. The number of nitrogens with two attached hydrogens (primary N) is 1. The summed E-state index contributed by atoms with van der Waals surface area (Å²) in [7, 11) is -4.17. The average molecular weight is 395 g/mol. The van der Waals surface area contributed by atoms with Crippen LogP contribution in [0.1, 0.15) is 5.56 Å². The molecule has 0 atom stereocenters. The molecule has 1 aromatic heterocycles. The molecule has 0 spiro atoms. The van der Waals surface area contributed by atoms with Gasteiger partial charge in [-0.05, 0) is 46.6 Å². The van der Waals surface area contributed by atoms with Gasteiger partial charge in [-0.15, -0.1) is 0 Å². The lowest BCUT2D eigenvalue weighted by Crippen LogP contribution is -2.15. The molecule has 5 nitrogen and oxygen atoms in total. The molecule has 0 bridgehead atoms. The van der Waals surface area contributed by atoms with Crippen LogP contribution in [-0.2, 0) is 10.0 Å². The van der Waals surface area contributed by atoms with Gasteiger partial charge in [0.2, 0.25) is 0 Å². The molecule has 2 aromatic rings. The standard InChI is InChI=1S/C12H10BrClFN3O2S/c1-6-2-10(12(14)17-5-6)18-21(19,20)11-4-9(16)7(13)3-8(11)15/h2-5,18H,16H2,1H3. The van der Waals surface area contributed by atoms with Crippen molar-refractivity contribution in [3.05, 3.63) is 45.4 Å². The van der Waals surface area contributed by atoms with Crippen LogP contribution in [0.4, 0.5) is 15.8 Å². The number of benzene rings is 1. The summed E-state index contributed by atoms with van der Waals surface area (Å²) >= 11 is 8.85. The monoisotopic (exact) mass is 393 g/mol. The number of halogens is 3. The van der Waals surface area contributed by atoms with Gasteiger partial charge in [-0.3, -0.25) is 4.72 Å². The first-order chi connectivity index (χ1) is 9.70. The van der Waals surface area contributed by atoms with Crippen LogP contribution in [-0.4, -0.2) is 13.4 Å². The van der Waals surface area contributed by atoms with Crippen molar-refractivity contribution in [1.29, 1.82) is 0 Å². The minimum atomic E-state index is -4.17. The van der Waals surface area contributed by atoms with E-state index in [1.54, 1.807) is 6.92 Å². The number of hydrogen-bond donors (Lipinski definition) is 2. The molecule has 0 saturated carbocycles. The van der Waals surface area contributed by atoms with Gasteiger partial charge >= 0.3 is 0 Å². The zero-order valence-corrected chi connectivity index (χ0v) is 13.9. The number of hydrogen-bond acceptors (Lipinski definition) is 4. The van der Waals surface area contributed by atoms with Gasteiger partial charge in [-0.1, -0.05) is 11.6 Å². The molecular weight excluding hydrogens is 385 g/mol. The highest BCUT2D eigenvalue weighted by atomic mass is 79.9. The average Bonchev–Trinajstić information content (AvgIpc) is 2.37. The number of pyridine rings is 1. The Hall–Kier alpha value is -1.38. The Morgan fingerprint density at radius 3 is 2.71 bits per heavy atom. The van der Waals surface area contributed by atoms with Gasteiger partial charge in [0.1, 0.15) is 10.7 Å². The van der Waals surface area contributed by atoms with Gasteiger partial charge in [0.05, 0.1) is 5.69 Å². The minimum Gasteiger partial charge on any atom is -0.398 e. The number of aryl methyl sites for hydroxylation is 1. The van der Waals surface area contributed by atoms with Gasteiger partial charge in [0.15, 0.2) is 5.15 Å². The second-order valence-electron chi connectivity index (χ2n) is 4.26. The van der Waals surface area contributed by atoms with E-state index in [0.29, 0.717) is 5.56 Å². The summed E-state index contributed by atoms with van der Waals surface area (Å²) in [5.41, 5.74) is 6.46. The van der Waals surface area contributed by atoms with Crippen LogP contribution >= 0.6 is 27.5 Å². The maximum Gasteiger partial charge on any atom is 0.264 e. The van der Waals surface area contributed by atoms with E-state index in [0.717, 1.165) is 12.1 Å². The lowest BCUT2D eigenvalue weighted by atomic mass is 10.3. The SMILES string of the molecule is Cc1cnc(Cl)c(NS(=O)(=O)c2cc(N)c(Br)cc2F)c1. The normalized spacial score (nSPS) is 11.4. The largest absolute Gasteiger partial charge is 0.398 e. The summed E-state index contributed by atoms with van der Waals surface area (Å²) in [5, 5.41) is -0.0327. The van der Waals surface area contributed by atoms with Crippen LogP contribution in [0, 0.1) is 12.7 Å². The fourth-order valence-electron chi connectivity index (χ4n) is 1.57. The Balaban J connectivity index is 2.48. The van der Waals surface area contributed by atoms with Gasteiger partial charge in [-0.2, -0.15) is 0 Å². The summed E-state index contributed by atoms with van der Waals surface area (Å²) in [4.78, 5) is 3.25. The van der Waals surface area contributed by atoms with E-state index >= 15 is 0 Å². The second-order valence-corrected chi connectivity index (χ2v) is 7.12. The van der Waals surface area contributed by atoms with Crippen LogP contribution in [0.15, 0.2) is 33.8 Å². The molecule has 1 heterocycles. The molecular formula is C12H10BrClFN3O2S. The number of rotatable bonds is 3. The maximum absolute atomic E-state index is 13.9. The van der Waals surface area contributed by atoms with Crippen molar-refractivity contribution in [2.24, 2.45) is 0 Å². The highest BCUT2D eigenvalue weighted by Crippen LogP contribution is 2.29. The Morgan fingerprint density at radius 2 is 2.05 bits per heavy atom. The number of aromatic nitrogens is 1. The molecule has 0 unspecified atom stereocenters. The van der Waals surface area contributed by atoms with Crippen molar-refractivity contribution in [3.8, 4) is 0 Å². The number of nitrogen functional groups attached to an aromatic ring is 1. The first-order valence-electron chi connectivity index (χ1n) is 5.60. The molecule has 1 aromatic carbocycles. The fraction of sp³-hybridized carbons (Fsp3) is 0.0833. The van der Waals surface area contributed by atoms with E-state index in [4.69, 9.17) is 17.3 Å². The first kappa shape index (κ1) is 16.0. The third-order valence-electron chi connectivity index (χ3n) is 2.56. The Bertz CT molecular complexity index is 814. The van der Waals surface area contributed by atoms with Crippen LogP contribution in [0.3, 0.4) is 0 Å². The van der Waals surface area contributed by atoms with Crippen LogP contribution in [0.25, 0.3) is 0 Å². The van der Waals surface area contributed by atoms with E-state index in [1.165, 1.54) is 12.3 Å². The summed E-state index contributed by atoms with van der Waals surface area (Å²) in [5.74, 6) is -0.930. The molecule has 0 fully saturated rings. The van der Waals surface area contributed by atoms with E-state index in [2.05, 4.69) is 25.6 Å². The lowest BCUT2D eigenvalue weighted by molar-refractivity contribution is 0.570. The maximum atomic E-state index is 13.9. The molecule has 0 radical (unpaired) electrons. The zero-order valence-electron chi connectivity index (χ0n) is 10.7. The van der Waals surface area contributed by atoms with E-state index in [-0.39, 0.29) is 21.0 Å². The van der Waals surface area contributed by atoms with E-state index < -0.39 is 20.7 Å². The molecule has 9 heteroatoms. The predicted octanol–water partition coefficient (Wildman–Crippen LogP) is 3.33. The topological polar surface area (TPSA) is 85.1 Å². The van der Waals surface area contributed by atoms with E-state index in [1.807, 2.05) is 0 Å². The fourth-order valence-corrected chi connectivity index (χ4v) is 3.25. The molecule has 0 aliphatic carbocycles. The molecule has 0 aliphatic rings. The van der Waals surface area contributed by atoms with E-state index in [9.17, 15) is 12.8 Å². The summed E-state index contributed by atoms with van der Waals surface area (Å²) in [6.07, 6.45) is 1.48. The predicted molar refractivity (Wildman–Crippen MR) is 83.3 cm³/mol. The van der Waals surface area contributed by atoms with Crippen molar-refractivity contribution in [2.75, 3.05) is 10.5 Å². The highest BCUT2D eigenvalue weighted by molar-refractivity contribution is 9.10. The van der Waals surface area contributed by atoms with Crippen molar-refractivity contribution < 1.29 is 12.8 Å². The first-order valence-corrected chi connectivity index (χ1v) is 8.25. The van der Waals surface area contributed by atoms with Gasteiger partial charge in [0.25, 0.3) is 10.0 Å². The van der Waals surface area contributed by atoms with Crippen molar-refractivity contribution in [3.63, 3.8) is 0 Å². The number of anilines is 2. The third kappa shape index (κ3) is 3.45. The molecule has 21 heavy (non-hydrogen) atoms. The molecule has 0 aliphatic heterocycles. The molecule has 0 saturated heterocycles. The summed E-state index contributed by atoms with van der Waals surface area (Å²) < 4.78 is 40.8. The highest BCUT2D eigenvalue weighted by Gasteiger charge is 2.22. The second kappa shape index (κ2) is 5.78. The van der Waals surface area contributed by atoms with Gasteiger partial charge in [-0.25, -0.2) is 17.8 Å². The van der Waals surface area contributed by atoms with Crippen LogP contribution in [0.5, 0.6) is 0 Å². The molecule has 2 rings (SSSR count). The number of nitrogens with one attached hydrogen (secondary N) is 1. The number of nitrogens with zero attached hydrogens (tertiary/aromatic N) is 1. The minimum absolute atomic E-state index is 0.0327. The van der Waals surface area contributed by atoms with Crippen molar-refractivity contribution in [1.82, 2.24) is 4.98 Å². The smallest absolute Gasteiger partial charge is 0.264 e. The quantitative estimate of drug-likeness (QED) is 0.618. The van der Waals surface area contributed by atoms with Crippen LogP contribution in [0.2, 0.25) is 5.15 Å². The van der Waals surface area contributed by atoms with Crippen molar-refractivity contribution in [2.45, 2.75) is 11.8 Å². The lowest BCUT2D eigenvalue weighted by Gasteiger charge is -2.11. The summed E-state index contributed by atoms with van der Waals surface area (Å²) in [6.45, 7) is 1.72. The summed E-state index contributed by atoms with van der Waals surface area (Å²) in [6, 6.07) is 3.51. The van der Waals surface area contributed by atoms with Crippen molar-refractivity contribution >= 4 is 48.9 Å². The van der Waals surface area contributed by atoms with Gasteiger partial charge in [0, 0.05) is 16.4 Å². The van der Waals surface area contributed by atoms with Gasteiger partial charge < -0.3 is 5.73 Å².